The zero-order chi connectivity index (χ0) is 28.0. The van der Waals surface area contributed by atoms with Crippen LogP contribution in [0.5, 0.6) is 11.5 Å². The quantitative estimate of drug-likeness (QED) is 0.166. The van der Waals surface area contributed by atoms with E-state index in [0.717, 1.165) is 55.7 Å². The van der Waals surface area contributed by atoms with Gasteiger partial charge in [-0.25, -0.2) is 14.8 Å². The number of nitrogens with zero attached hydrogens (tertiary/aromatic N) is 4. The average molecular weight is 544 g/mol. The zero-order valence-corrected chi connectivity index (χ0v) is 23.3. The van der Waals surface area contributed by atoms with Crippen molar-refractivity contribution >= 4 is 28.5 Å². The molecule has 0 saturated carbocycles. The van der Waals surface area contributed by atoms with E-state index in [1.165, 1.54) is 6.33 Å². The zero-order valence-electron chi connectivity index (χ0n) is 23.3. The molecule has 0 aliphatic heterocycles. The van der Waals surface area contributed by atoms with Crippen LogP contribution in [-0.2, 0) is 16.1 Å². The van der Waals surface area contributed by atoms with E-state index >= 15 is 0 Å². The van der Waals surface area contributed by atoms with Crippen molar-refractivity contribution in [2.45, 2.75) is 19.9 Å². The van der Waals surface area contributed by atoms with E-state index in [1.54, 1.807) is 19.2 Å². The Labute approximate surface area is 229 Å². The van der Waals surface area contributed by atoms with Gasteiger partial charge in [-0.2, -0.15) is 0 Å². The van der Waals surface area contributed by atoms with E-state index in [1.807, 2.05) is 19.3 Å². The third-order valence-electron chi connectivity index (χ3n) is 6.24. The minimum Gasteiger partial charge on any atom is -0.488 e. The van der Waals surface area contributed by atoms with E-state index in [-0.39, 0.29) is 0 Å². The van der Waals surface area contributed by atoms with Gasteiger partial charge in [-0.05, 0) is 57.8 Å². The van der Waals surface area contributed by atoms with Gasteiger partial charge in [0.1, 0.15) is 24.4 Å². The molecule has 0 atom stereocenters. The molecule has 0 fully saturated rings. The Morgan fingerprint density at radius 3 is 2.69 bits per heavy atom. The van der Waals surface area contributed by atoms with Gasteiger partial charge < -0.3 is 39.8 Å². The van der Waals surface area contributed by atoms with Crippen LogP contribution in [0.1, 0.15) is 18.9 Å². The summed E-state index contributed by atoms with van der Waals surface area (Å²) >= 11 is 0. The van der Waals surface area contributed by atoms with Crippen LogP contribution < -0.4 is 20.1 Å². The molecule has 0 amide bonds. The molecule has 1 aromatic carbocycles. The van der Waals surface area contributed by atoms with Crippen LogP contribution in [0.15, 0.2) is 30.7 Å². The second kappa shape index (κ2) is 15.8. The molecule has 0 saturated heterocycles. The fourth-order valence-electron chi connectivity index (χ4n) is 4.17. The number of ether oxygens (including phenoxy) is 3. The van der Waals surface area contributed by atoms with Gasteiger partial charge in [0.05, 0.1) is 12.0 Å². The van der Waals surface area contributed by atoms with Gasteiger partial charge in [0.15, 0.2) is 18.1 Å². The van der Waals surface area contributed by atoms with Gasteiger partial charge in [0.2, 0.25) is 0 Å². The van der Waals surface area contributed by atoms with Gasteiger partial charge in [-0.3, -0.25) is 4.90 Å². The lowest BCUT2D eigenvalue weighted by atomic mass is 10.2. The van der Waals surface area contributed by atoms with Crippen LogP contribution >= 0.6 is 0 Å². The van der Waals surface area contributed by atoms with E-state index in [2.05, 4.69) is 49.4 Å². The molecule has 0 aliphatic carbocycles. The van der Waals surface area contributed by atoms with Crippen LogP contribution in [0.3, 0.4) is 0 Å². The summed E-state index contributed by atoms with van der Waals surface area (Å²) in [7, 11) is 5.73. The fraction of sp³-hybridized carbons (Fsp3) is 0.519. The van der Waals surface area contributed by atoms with Gasteiger partial charge >= 0.3 is 5.97 Å². The molecular formula is C27H41N7O5. The number of hydrogen-bond donors (Lipinski definition) is 4. The molecule has 2 aromatic heterocycles. The Morgan fingerprint density at radius 1 is 1.13 bits per heavy atom. The number of likely N-dealkylation sites (N-methyl/N-ethyl adjacent to an activating group) is 1. The number of benzene rings is 1. The summed E-state index contributed by atoms with van der Waals surface area (Å²) < 4.78 is 16.7. The molecule has 0 aliphatic rings. The molecule has 0 unspecified atom stereocenters. The van der Waals surface area contributed by atoms with Crippen LogP contribution in [0.25, 0.3) is 11.0 Å². The highest BCUT2D eigenvalue weighted by atomic mass is 16.5. The number of H-pyrrole nitrogens is 1. The first-order valence-corrected chi connectivity index (χ1v) is 13.2. The minimum absolute atomic E-state index is 0.339. The van der Waals surface area contributed by atoms with Crippen molar-refractivity contribution in [3.05, 3.63) is 36.3 Å². The summed E-state index contributed by atoms with van der Waals surface area (Å²) in [5.74, 6) is 0.396. The summed E-state index contributed by atoms with van der Waals surface area (Å²) in [6.45, 7) is 7.72. The Hall–Kier alpha value is -3.45. The number of carboxylic acids is 1. The maximum Gasteiger partial charge on any atom is 0.341 e. The number of aromatic amines is 1. The van der Waals surface area contributed by atoms with Crippen molar-refractivity contribution < 1.29 is 24.1 Å². The highest BCUT2D eigenvalue weighted by molar-refractivity contribution is 5.92. The Balaban J connectivity index is 1.76. The maximum atomic E-state index is 11.2. The average Bonchev–Trinajstić information content (AvgIpc) is 3.33. The Bertz CT molecular complexity index is 1170. The lowest BCUT2D eigenvalue weighted by Gasteiger charge is -2.20. The van der Waals surface area contributed by atoms with Gasteiger partial charge in [0, 0.05) is 44.7 Å². The summed E-state index contributed by atoms with van der Waals surface area (Å²) in [4.78, 5) is 27.8. The number of nitrogens with one attached hydrogen (secondary N) is 3. The minimum atomic E-state index is -1.07. The van der Waals surface area contributed by atoms with Crippen LogP contribution in [-0.4, -0.2) is 110 Å². The first kappa shape index (κ1) is 30.1. The third kappa shape index (κ3) is 9.36. The molecule has 12 nitrogen and oxygen atoms in total. The number of fused-ring (bicyclic) bond motifs is 1. The van der Waals surface area contributed by atoms with E-state index in [4.69, 9.17) is 14.2 Å². The number of aliphatic carboxylic acids is 1. The molecule has 2 heterocycles. The predicted molar refractivity (Wildman–Crippen MR) is 151 cm³/mol. The normalized spacial score (nSPS) is 11.4. The molecule has 4 N–H and O–H groups in total. The SMILES string of the molecule is CCN(CCOC)CCOc1ccc(Nc2ncnc3[nH]cc(CN(C)CCCNC)c23)cc1OCC(=O)O. The van der Waals surface area contributed by atoms with Crippen molar-refractivity contribution in [3.63, 3.8) is 0 Å². The molecular weight excluding hydrogens is 502 g/mol. The van der Waals surface area contributed by atoms with Crippen LogP contribution in [0, 0.1) is 0 Å². The summed E-state index contributed by atoms with van der Waals surface area (Å²) in [5.41, 5.74) is 2.51. The van der Waals surface area contributed by atoms with Gasteiger partial charge in [0.25, 0.3) is 0 Å². The largest absolute Gasteiger partial charge is 0.488 e. The lowest BCUT2D eigenvalue weighted by Crippen LogP contribution is -2.31. The molecule has 0 spiro atoms. The number of hydrogen-bond acceptors (Lipinski definition) is 10. The number of carbonyl (C=O) groups is 1. The number of rotatable bonds is 19. The second-order valence-corrected chi connectivity index (χ2v) is 9.20. The number of methoxy groups -OCH3 is 1. The summed E-state index contributed by atoms with van der Waals surface area (Å²) in [6.07, 6.45) is 4.52. The van der Waals surface area contributed by atoms with Crippen molar-refractivity contribution in [1.82, 2.24) is 30.1 Å². The van der Waals surface area contributed by atoms with Crippen LogP contribution in [0.4, 0.5) is 11.5 Å². The molecule has 3 aromatic rings. The summed E-state index contributed by atoms with van der Waals surface area (Å²) in [5, 5.41) is 16.6. The highest BCUT2D eigenvalue weighted by Gasteiger charge is 2.15. The standard InChI is InChI=1S/C27H41N7O5/c1-5-34(11-13-37-4)12-14-38-22-8-7-21(15-23(22)39-18-24(35)36)32-27-25-20(16-29-26(25)30-19-31-27)17-33(3)10-6-9-28-2/h7-8,15-16,19,28H,5-6,9-14,17-18H2,1-4H3,(H,35,36)(H2,29,30,31,32). The van der Waals surface area contributed by atoms with Crippen LogP contribution in [0.2, 0.25) is 0 Å². The first-order chi connectivity index (χ1) is 18.9. The monoisotopic (exact) mass is 543 g/mol. The van der Waals surface area contributed by atoms with Crippen molar-refractivity contribution in [2.75, 3.05) is 79.1 Å². The molecule has 3 rings (SSSR count). The molecule has 12 heteroatoms. The van der Waals surface area contributed by atoms with Crippen molar-refractivity contribution in [2.24, 2.45) is 0 Å². The highest BCUT2D eigenvalue weighted by Crippen LogP contribution is 2.33. The maximum absolute atomic E-state index is 11.2. The first-order valence-electron chi connectivity index (χ1n) is 13.2. The lowest BCUT2D eigenvalue weighted by molar-refractivity contribution is -0.139. The van der Waals surface area contributed by atoms with E-state index in [0.29, 0.717) is 42.8 Å². The number of aromatic nitrogens is 3. The topological polar surface area (TPSA) is 137 Å². The van der Waals surface area contributed by atoms with E-state index in [9.17, 15) is 9.90 Å². The van der Waals surface area contributed by atoms with Gasteiger partial charge in [-0.15, -0.1) is 0 Å². The number of anilines is 2. The second-order valence-electron chi connectivity index (χ2n) is 9.20. The van der Waals surface area contributed by atoms with Crippen molar-refractivity contribution in [1.29, 1.82) is 0 Å². The Kier molecular flexibility index (Phi) is 12.2. The summed E-state index contributed by atoms with van der Waals surface area (Å²) in [6, 6.07) is 5.36. The third-order valence-corrected chi connectivity index (χ3v) is 6.24. The Morgan fingerprint density at radius 2 is 1.95 bits per heavy atom. The predicted octanol–water partition coefficient (Wildman–Crippen LogP) is 2.55. The smallest absolute Gasteiger partial charge is 0.341 e. The van der Waals surface area contributed by atoms with Crippen molar-refractivity contribution in [3.8, 4) is 11.5 Å². The molecule has 39 heavy (non-hydrogen) atoms. The van der Waals surface area contributed by atoms with Gasteiger partial charge in [-0.1, -0.05) is 6.92 Å². The molecule has 0 radical (unpaired) electrons. The molecule has 214 valence electrons. The molecule has 0 bridgehead atoms. The fourth-order valence-corrected chi connectivity index (χ4v) is 4.17. The van der Waals surface area contributed by atoms with E-state index < -0.39 is 12.6 Å². The number of carboxylic acid groups (broad SMARTS) is 1.